The summed E-state index contributed by atoms with van der Waals surface area (Å²) in [6, 6.07) is 17.9. The Labute approximate surface area is 176 Å². The van der Waals surface area contributed by atoms with Crippen LogP contribution in [0.5, 0.6) is 5.75 Å². The van der Waals surface area contributed by atoms with Gasteiger partial charge in [0.25, 0.3) is 0 Å². The van der Waals surface area contributed by atoms with Crippen LogP contribution in [-0.2, 0) is 13.2 Å². The van der Waals surface area contributed by atoms with E-state index in [1.165, 1.54) is 10.8 Å². The molecule has 138 valence electrons. The molecule has 0 aliphatic heterocycles. The number of fused-ring (bicyclic) bond motifs is 2. The van der Waals surface area contributed by atoms with Crippen LogP contribution >= 0.6 is 39.1 Å². The Morgan fingerprint density at radius 1 is 1.00 bits per heavy atom. The Hall–Kier alpha value is -1.75. The summed E-state index contributed by atoms with van der Waals surface area (Å²) in [6.07, 6.45) is 1.01. The largest absolute Gasteiger partial charge is 0.484 e. The lowest BCUT2D eigenvalue weighted by Crippen LogP contribution is -2.08. The number of aromatic nitrogens is 2. The summed E-state index contributed by atoms with van der Waals surface area (Å²) >= 11 is 15.7. The van der Waals surface area contributed by atoms with Gasteiger partial charge in [0, 0.05) is 16.9 Å². The van der Waals surface area contributed by atoms with E-state index in [9.17, 15) is 0 Å². The quantitative estimate of drug-likeness (QED) is 0.292. The van der Waals surface area contributed by atoms with Crippen LogP contribution in [-0.4, -0.2) is 14.9 Å². The van der Waals surface area contributed by atoms with Gasteiger partial charge in [0.05, 0.1) is 16.1 Å². The van der Waals surface area contributed by atoms with E-state index >= 15 is 0 Å². The lowest BCUT2D eigenvalue weighted by molar-refractivity contribution is 0.290. The molecule has 0 atom stereocenters. The van der Waals surface area contributed by atoms with E-state index in [0.717, 1.165) is 35.2 Å². The first kappa shape index (κ1) is 18.6. The van der Waals surface area contributed by atoms with Crippen molar-refractivity contribution >= 4 is 60.9 Å². The Morgan fingerprint density at radius 3 is 2.52 bits per heavy atom. The number of halogens is 3. The maximum Gasteiger partial charge on any atom is 0.148 e. The van der Waals surface area contributed by atoms with Gasteiger partial charge in [0.1, 0.15) is 18.2 Å². The van der Waals surface area contributed by atoms with Gasteiger partial charge in [0.15, 0.2) is 0 Å². The predicted octanol–water partition coefficient (Wildman–Crippen LogP) is 6.86. The lowest BCUT2D eigenvalue weighted by Gasteiger charge is -2.11. The highest BCUT2D eigenvalue weighted by Gasteiger charge is 2.13. The Balaban J connectivity index is 1.72. The van der Waals surface area contributed by atoms with E-state index in [1.54, 1.807) is 18.2 Å². The standard InChI is InChI=1S/C21H17BrCl2N2O/c22-8-3-9-26-19-11-15-5-2-1-4-14(15)10-18(19)25-21(26)13-27-20-7-6-16(23)12-17(20)24/h1-2,4-7,10-12H,3,8-9,13H2. The van der Waals surface area contributed by atoms with Crippen LogP contribution in [0.4, 0.5) is 0 Å². The van der Waals surface area contributed by atoms with Crippen LogP contribution in [0, 0.1) is 0 Å². The number of hydrogen-bond donors (Lipinski definition) is 0. The zero-order valence-electron chi connectivity index (χ0n) is 14.5. The molecule has 3 nitrogen and oxygen atoms in total. The van der Waals surface area contributed by atoms with Gasteiger partial charge < -0.3 is 9.30 Å². The second-order valence-electron chi connectivity index (χ2n) is 6.27. The fourth-order valence-electron chi connectivity index (χ4n) is 3.17. The van der Waals surface area contributed by atoms with Crippen molar-refractivity contribution in [2.24, 2.45) is 0 Å². The van der Waals surface area contributed by atoms with Gasteiger partial charge in [-0.1, -0.05) is 63.4 Å². The first-order chi connectivity index (χ1) is 13.2. The molecule has 0 unspecified atom stereocenters. The summed E-state index contributed by atoms with van der Waals surface area (Å²) in [5, 5.41) is 4.41. The fraction of sp³-hybridized carbons (Fsp3) is 0.190. The van der Waals surface area contributed by atoms with Crippen LogP contribution < -0.4 is 4.74 Å². The summed E-state index contributed by atoms with van der Waals surface area (Å²) in [6.45, 7) is 1.21. The van der Waals surface area contributed by atoms with Crippen LogP contribution in [0.1, 0.15) is 12.2 Å². The molecule has 0 saturated heterocycles. The molecule has 0 spiro atoms. The Morgan fingerprint density at radius 2 is 1.78 bits per heavy atom. The van der Waals surface area contributed by atoms with Gasteiger partial charge in [-0.25, -0.2) is 4.98 Å². The molecule has 0 radical (unpaired) electrons. The minimum Gasteiger partial charge on any atom is -0.484 e. The van der Waals surface area contributed by atoms with E-state index in [2.05, 4.69) is 50.8 Å². The summed E-state index contributed by atoms with van der Waals surface area (Å²) in [5.74, 6) is 1.48. The average molecular weight is 464 g/mol. The molecule has 3 aromatic carbocycles. The number of rotatable bonds is 6. The topological polar surface area (TPSA) is 27.1 Å². The van der Waals surface area contributed by atoms with Gasteiger partial charge in [0.2, 0.25) is 0 Å². The molecule has 27 heavy (non-hydrogen) atoms. The molecule has 0 saturated carbocycles. The third-order valence-corrected chi connectivity index (χ3v) is 5.55. The summed E-state index contributed by atoms with van der Waals surface area (Å²) in [5.41, 5.74) is 2.10. The molecule has 6 heteroatoms. The van der Waals surface area contributed by atoms with Crippen LogP contribution in [0.25, 0.3) is 21.8 Å². The Kier molecular flexibility index (Phi) is 5.58. The first-order valence-electron chi connectivity index (χ1n) is 8.67. The molecule has 0 N–H and O–H groups in total. The van der Waals surface area contributed by atoms with Crippen molar-refractivity contribution in [2.45, 2.75) is 19.6 Å². The van der Waals surface area contributed by atoms with E-state index in [4.69, 9.17) is 32.9 Å². The number of hydrogen-bond acceptors (Lipinski definition) is 2. The second kappa shape index (κ2) is 8.09. The highest BCUT2D eigenvalue weighted by molar-refractivity contribution is 9.09. The third kappa shape index (κ3) is 3.93. The van der Waals surface area contributed by atoms with Gasteiger partial charge >= 0.3 is 0 Å². The van der Waals surface area contributed by atoms with E-state index in [-0.39, 0.29) is 0 Å². The molecule has 0 aliphatic rings. The van der Waals surface area contributed by atoms with E-state index in [0.29, 0.717) is 22.4 Å². The monoisotopic (exact) mass is 462 g/mol. The molecule has 4 aromatic rings. The molecule has 4 rings (SSSR count). The Bertz CT molecular complexity index is 1110. The molecule has 0 aliphatic carbocycles. The zero-order chi connectivity index (χ0) is 18.8. The lowest BCUT2D eigenvalue weighted by atomic mass is 10.1. The minimum atomic E-state index is 0.342. The molecular weight excluding hydrogens is 447 g/mol. The van der Waals surface area contributed by atoms with E-state index < -0.39 is 0 Å². The number of aryl methyl sites for hydroxylation is 1. The van der Waals surface area contributed by atoms with Gasteiger partial charge in [-0.3, -0.25) is 0 Å². The number of imidazole rings is 1. The number of alkyl halides is 1. The maximum absolute atomic E-state index is 6.23. The van der Waals surface area contributed by atoms with Crippen molar-refractivity contribution in [3.8, 4) is 5.75 Å². The summed E-state index contributed by atoms with van der Waals surface area (Å²) < 4.78 is 8.17. The third-order valence-electron chi connectivity index (χ3n) is 4.46. The molecule has 1 heterocycles. The molecular formula is C21H17BrCl2N2O. The zero-order valence-corrected chi connectivity index (χ0v) is 17.6. The van der Waals surface area contributed by atoms with Crippen LogP contribution in [0.2, 0.25) is 10.0 Å². The summed E-state index contributed by atoms with van der Waals surface area (Å²) in [7, 11) is 0. The first-order valence-corrected chi connectivity index (χ1v) is 10.5. The van der Waals surface area contributed by atoms with Crippen molar-refractivity contribution < 1.29 is 4.74 Å². The van der Waals surface area contributed by atoms with E-state index in [1.807, 2.05) is 6.07 Å². The molecule has 0 amide bonds. The van der Waals surface area contributed by atoms with Crippen molar-refractivity contribution in [3.63, 3.8) is 0 Å². The SMILES string of the molecule is Clc1ccc(OCc2nc3cc4ccccc4cc3n2CCCBr)c(Cl)c1. The van der Waals surface area contributed by atoms with Gasteiger partial charge in [-0.05, 0) is 47.5 Å². The van der Waals surface area contributed by atoms with Crippen molar-refractivity contribution in [1.82, 2.24) is 9.55 Å². The number of nitrogens with zero attached hydrogens (tertiary/aromatic N) is 2. The van der Waals surface area contributed by atoms with Gasteiger partial charge in [-0.15, -0.1) is 0 Å². The predicted molar refractivity (Wildman–Crippen MR) is 116 cm³/mol. The summed E-state index contributed by atoms with van der Waals surface area (Å²) in [4.78, 5) is 4.83. The van der Waals surface area contributed by atoms with Crippen LogP contribution in [0.15, 0.2) is 54.6 Å². The number of benzene rings is 3. The van der Waals surface area contributed by atoms with Crippen molar-refractivity contribution in [2.75, 3.05) is 5.33 Å². The fourth-order valence-corrected chi connectivity index (χ4v) is 3.89. The highest BCUT2D eigenvalue weighted by Crippen LogP contribution is 2.29. The van der Waals surface area contributed by atoms with Crippen LogP contribution in [0.3, 0.4) is 0 Å². The van der Waals surface area contributed by atoms with Crippen molar-refractivity contribution in [1.29, 1.82) is 0 Å². The maximum atomic E-state index is 6.23. The molecule has 0 fully saturated rings. The highest BCUT2D eigenvalue weighted by atomic mass is 79.9. The number of ether oxygens (including phenoxy) is 1. The van der Waals surface area contributed by atoms with Crippen molar-refractivity contribution in [3.05, 3.63) is 70.5 Å². The average Bonchev–Trinajstić information content (AvgIpc) is 3.00. The minimum absolute atomic E-state index is 0.342. The second-order valence-corrected chi connectivity index (χ2v) is 7.91. The molecule has 0 bridgehead atoms. The normalized spacial score (nSPS) is 11.4. The smallest absolute Gasteiger partial charge is 0.148 e. The molecule has 1 aromatic heterocycles. The van der Waals surface area contributed by atoms with Gasteiger partial charge in [-0.2, -0.15) is 0 Å².